The molecule has 2 heteroatoms. The Bertz CT molecular complexity index is 290. The van der Waals surface area contributed by atoms with Crippen molar-refractivity contribution in [1.82, 2.24) is 5.32 Å². The minimum atomic E-state index is 0.515. The van der Waals surface area contributed by atoms with Crippen molar-refractivity contribution in [3.8, 4) is 0 Å². The van der Waals surface area contributed by atoms with Crippen LogP contribution in [-0.4, -0.2) is 7.05 Å². The molecule has 0 spiro atoms. The van der Waals surface area contributed by atoms with Gasteiger partial charge in [0.25, 0.3) is 0 Å². The number of hydrogen-bond donors (Lipinski definition) is 1. The van der Waals surface area contributed by atoms with Gasteiger partial charge in [0.1, 0.15) is 0 Å². The number of benzene rings is 1. The van der Waals surface area contributed by atoms with Gasteiger partial charge in [-0.2, -0.15) is 0 Å². The zero-order valence-electron chi connectivity index (χ0n) is 8.46. The minimum Gasteiger partial charge on any atom is -0.313 e. The van der Waals surface area contributed by atoms with Crippen molar-refractivity contribution in [2.24, 2.45) is 5.92 Å². The molecule has 1 fully saturated rings. The van der Waals surface area contributed by atoms with E-state index in [-0.39, 0.29) is 0 Å². The summed E-state index contributed by atoms with van der Waals surface area (Å²) in [6.45, 7) is 0. The molecule has 14 heavy (non-hydrogen) atoms. The van der Waals surface area contributed by atoms with Gasteiger partial charge < -0.3 is 5.32 Å². The second-order valence-corrected chi connectivity index (χ2v) is 4.45. The van der Waals surface area contributed by atoms with Crippen molar-refractivity contribution in [2.45, 2.75) is 25.3 Å². The third-order valence-corrected chi connectivity index (χ3v) is 3.41. The summed E-state index contributed by atoms with van der Waals surface area (Å²) in [4.78, 5) is 0. The molecule has 1 aliphatic carbocycles. The van der Waals surface area contributed by atoms with E-state index >= 15 is 0 Å². The van der Waals surface area contributed by atoms with Gasteiger partial charge in [-0.05, 0) is 43.5 Å². The molecule has 1 unspecified atom stereocenters. The summed E-state index contributed by atoms with van der Waals surface area (Å²) in [6, 6.07) is 8.71. The molecule has 1 nitrogen and oxygen atoms in total. The van der Waals surface area contributed by atoms with Crippen LogP contribution in [0, 0.1) is 5.92 Å². The highest BCUT2D eigenvalue weighted by Crippen LogP contribution is 2.37. The Morgan fingerprint density at radius 2 is 1.93 bits per heavy atom. The summed E-state index contributed by atoms with van der Waals surface area (Å²) in [6.07, 6.45) is 4.10. The zero-order chi connectivity index (χ0) is 9.97. The molecule has 0 aliphatic heterocycles. The van der Waals surface area contributed by atoms with Crippen molar-refractivity contribution >= 4 is 11.6 Å². The molecule has 1 atom stereocenters. The van der Waals surface area contributed by atoms with Crippen LogP contribution in [0.2, 0.25) is 5.02 Å². The van der Waals surface area contributed by atoms with E-state index in [0.29, 0.717) is 6.04 Å². The van der Waals surface area contributed by atoms with E-state index in [9.17, 15) is 0 Å². The van der Waals surface area contributed by atoms with E-state index in [1.54, 1.807) is 0 Å². The molecule has 0 radical (unpaired) electrons. The Labute approximate surface area is 90.5 Å². The van der Waals surface area contributed by atoms with E-state index in [4.69, 9.17) is 11.6 Å². The maximum atomic E-state index is 5.87. The molecule has 0 saturated heterocycles. The van der Waals surface area contributed by atoms with Gasteiger partial charge in [0, 0.05) is 11.1 Å². The fourth-order valence-corrected chi connectivity index (χ4v) is 2.24. The summed E-state index contributed by atoms with van der Waals surface area (Å²) in [5, 5.41) is 4.21. The Kier molecular flexibility index (Phi) is 3.09. The van der Waals surface area contributed by atoms with E-state index in [1.165, 1.54) is 24.8 Å². The first-order valence-electron chi connectivity index (χ1n) is 5.24. The van der Waals surface area contributed by atoms with Gasteiger partial charge in [0.2, 0.25) is 0 Å². The second-order valence-electron chi connectivity index (χ2n) is 4.01. The quantitative estimate of drug-likeness (QED) is 0.805. The molecule has 0 aromatic heterocycles. The van der Waals surface area contributed by atoms with E-state index in [2.05, 4.69) is 17.4 Å². The second kappa shape index (κ2) is 4.33. The molecule has 76 valence electrons. The monoisotopic (exact) mass is 209 g/mol. The molecule has 0 heterocycles. The number of rotatable bonds is 3. The van der Waals surface area contributed by atoms with Crippen molar-refractivity contribution in [3.63, 3.8) is 0 Å². The fraction of sp³-hybridized carbons (Fsp3) is 0.500. The zero-order valence-corrected chi connectivity index (χ0v) is 9.22. The molecule has 2 rings (SSSR count). The third kappa shape index (κ3) is 1.94. The molecule has 0 bridgehead atoms. The molecule has 0 amide bonds. The van der Waals surface area contributed by atoms with Gasteiger partial charge in [-0.15, -0.1) is 0 Å². The molecule has 1 aromatic carbocycles. The van der Waals surface area contributed by atoms with Crippen LogP contribution in [0.1, 0.15) is 30.9 Å². The van der Waals surface area contributed by atoms with Crippen LogP contribution in [0.4, 0.5) is 0 Å². The minimum absolute atomic E-state index is 0.515. The van der Waals surface area contributed by atoms with Crippen LogP contribution in [0.15, 0.2) is 24.3 Å². The maximum absolute atomic E-state index is 5.87. The van der Waals surface area contributed by atoms with Crippen molar-refractivity contribution in [1.29, 1.82) is 0 Å². The molecular formula is C12H16ClN. The predicted octanol–water partition coefficient (Wildman–Crippen LogP) is 3.40. The van der Waals surface area contributed by atoms with Crippen molar-refractivity contribution in [3.05, 3.63) is 34.9 Å². The normalized spacial score (nSPS) is 19.0. The third-order valence-electron chi connectivity index (χ3n) is 3.16. The summed E-state index contributed by atoms with van der Waals surface area (Å²) in [5.41, 5.74) is 1.36. The Morgan fingerprint density at radius 1 is 1.29 bits per heavy atom. The standard InChI is InChI=1S/C12H16ClN/c1-14-12(9-3-2-4-9)10-5-7-11(13)8-6-10/h5-9,12,14H,2-4H2,1H3. The Hall–Kier alpha value is -0.530. The average Bonchev–Trinajstić information content (AvgIpc) is 2.13. The Balaban J connectivity index is 2.14. The first-order valence-corrected chi connectivity index (χ1v) is 5.62. The first-order chi connectivity index (χ1) is 6.81. The lowest BCUT2D eigenvalue weighted by Crippen LogP contribution is -2.29. The lowest BCUT2D eigenvalue weighted by Gasteiger charge is -2.33. The van der Waals surface area contributed by atoms with E-state index in [1.807, 2.05) is 19.2 Å². The maximum Gasteiger partial charge on any atom is 0.0406 e. The highest BCUT2D eigenvalue weighted by molar-refractivity contribution is 6.30. The molecule has 1 aliphatic rings. The predicted molar refractivity (Wildman–Crippen MR) is 60.6 cm³/mol. The molecule has 1 saturated carbocycles. The van der Waals surface area contributed by atoms with Gasteiger partial charge in [-0.1, -0.05) is 30.2 Å². The van der Waals surface area contributed by atoms with Gasteiger partial charge >= 0.3 is 0 Å². The fourth-order valence-electron chi connectivity index (χ4n) is 2.12. The molecular weight excluding hydrogens is 194 g/mol. The van der Waals surface area contributed by atoms with Crippen LogP contribution >= 0.6 is 11.6 Å². The van der Waals surface area contributed by atoms with Crippen molar-refractivity contribution < 1.29 is 0 Å². The van der Waals surface area contributed by atoms with Gasteiger partial charge in [-0.25, -0.2) is 0 Å². The van der Waals surface area contributed by atoms with Crippen LogP contribution in [-0.2, 0) is 0 Å². The van der Waals surface area contributed by atoms with Crippen LogP contribution < -0.4 is 5.32 Å². The number of hydrogen-bond acceptors (Lipinski definition) is 1. The lowest BCUT2D eigenvalue weighted by atomic mass is 9.77. The van der Waals surface area contributed by atoms with Crippen molar-refractivity contribution in [2.75, 3.05) is 7.05 Å². The number of halogens is 1. The smallest absolute Gasteiger partial charge is 0.0406 e. The van der Waals surface area contributed by atoms with Gasteiger partial charge in [-0.3, -0.25) is 0 Å². The van der Waals surface area contributed by atoms with Crippen LogP contribution in [0.3, 0.4) is 0 Å². The average molecular weight is 210 g/mol. The SMILES string of the molecule is CNC(c1ccc(Cl)cc1)C1CCC1. The van der Waals surface area contributed by atoms with Crippen LogP contribution in [0.5, 0.6) is 0 Å². The summed E-state index contributed by atoms with van der Waals surface area (Å²) >= 11 is 5.87. The van der Waals surface area contributed by atoms with Gasteiger partial charge in [0.05, 0.1) is 0 Å². The Morgan fingerprint density at radius 3 is 2.36 bits per heavy atom. The first kappa shape index (κ1) is 10.0. The summed E-state index contributed by atoms with van der Waals surface area (Å²) in [7, 11) is 2.04. The molecule has 1 N–H and O–H groups in total. The summed E-state index contributed by atoms with van der Waals surface area (Å²) < 4.78 is 0. The van der Waals surface area contributed by atoms with Gasteiger partial charge in [0.15, 0.2) is 0 Å². The van der Waals surface area contributed by atoms with E-state index < -0.39 is 0 Å². The number of nitrogens with one attached hydrogen (secondary N) is 1. The lowest BCUT2D eigenvalue weighted by molar-refractivity contribution is 0.239. The largest absolute Gasteiger partial charge is 0.313 e. The topological polar surface area (TPSA) is 12.0 Å². The molecule has 1 aromatic rings. The van der Waals surface area contributed by atoms with E-state index in [0.717, 1.165) is 10.9 Å². The van der Waals surface area contributed by atoms with Crippen LogP contribution in [0.25, 0.3) is 0 Å². The highest BCUT2D eigenvalue weighted by atomic mass is 35.5. The summed E-state index contributed by atoms with van der Waals surface area (Å²) in [5.74, 6) is 0.821. The highest BCUT2D eigenvalue weighted by Gasteiger charge is 2.26.